The number of rotatable bonds is 10. The van der Waals surface area contributed by atoms with E-state index in [1.165, 1.54) is 19.1 Å². The van der Waals surface area contributed by atoms with Crippen molar-refractivity contribution in [2.24, 2.45) is 10.9 Å². The van der Waals surface area contributed by atoms with Gasteiger partial charge in [-0.25, -0.2) is 8.42 Å². The van der Waals surface area contributed by atoms with Crippen molar-refractivity contribution in [1.82, 2.24) is 10.6 Å². The number of sulfone groups is 1. The molecule has 6 heteroatoms. The first-order valence-corrected chi connectivity index (χ1v) is 10.0. The summed E-state index contributed by atoms with van der Waals surface area (Å²) in [7, 11) is -2.89. The van der Waals surface area contributed by atoms with Crippen molar-refractivity contribution >= 4 is 15.8 Å². The van der Waals surface area contributed by atoms with Crippen LogP contribution in [-0.2, 0) is 9.84 Å². The van der Waals surface area contributed by atoms with E-state index in [0.717, 1.165) is 24.8 Å². The van der Waals surface area contributed by atoms with E-state index >= 15 is 0 Å². The summed E-state index contributed by atoms with van der Waals surface area (Å²) in [5.74, 6) is 1.72. The maximum Gasteiger partial charge on any atom is 0.191 e. The molecule has 0 radical (unpaired) electrons. The minimum absolute atomic E-state index is 0.194. The lowest BCUT2D eigenvalue weighted by Gasteiger charge is -2.18. The lowest BCUT2D eigenvalue weighted by atomic mass is 10.0. The van der Waals surface area contributed by atoms with E-state index in [0.29, 0.717) is 19.0 Å². The summed E-state index contributed by atoms with van der Waals surface area (Å²) in [6.07, 6.45) is 5.40. The van der Waals surface area contributed by atoms with Crippen LogP contribution in [0.5, 0.6) is 0 Å². The molecule has 0 aliphatic heterocycles. The molecule has 1 atom stereocenters. The first kappa shape index (κ1) is 20.2. The Bertz CT molecular complexity index is 392. The zero-order valence-electron chi connectivity index (χ0n) is 14.3. The number of hydrogen-bond acceptors (Lipinski definition) is 3. The van der Waals surface area contributed by atoms with E-state index in [1.54, 1.807) is 0 Å². The smallest absolute Gasteiger partial charge is 0.191 e. The van der Waals surface area contributed by atoms with E-state index in [2.05, 4.69) is 36.4 Å². The predicted octanol–water partition coefficient (Wildman–Crippen LogP) is 2.19. The third kappa shape index (κ3) is 13.9. The molecule has 0 saturated carbocycles. The van der Waals surface area contributed by atoms with Crippen molar-refractivity contribution < 1.29 is 8.42 Å². The SMILES string of the molecule is CCNC(=NCCCS(C)(=O)=O)NC(C)CCCC(C)C. The average molecular weight is 320 g/mol. The Morgan fingerprint density at radius 3 is 2.33 bits per heavy atom. The molecular weight excluding hydrogens is 286 g/mol. The van der Waals surface area contributed by atoms with Gasteiger partial charge in [-0.1, -0.05) is 26.7 Å². The van der Waals surface area contributed by atoms with Crippen molar-refractivity contribution in [3.63, 3.8) is 0 Å². The van der Waals surface area contributed by atoms with Gasteiger partial charge in [-0.05, 0) is 32.6 Å². The van der Waals surface area contributed by atoms with E-state index in [4.69, 9.17) is 0 Å². The second-order valence-electron chi connectivity index (χ2n) is 6.11. The van der Waals surface area contributed by atoms with Crippen LogP contribution in [0, 0.1) is 5.92 Å². The standard InChI is InChI=1S/C15H33N3O2S/c1-6-16-15(17-11-8-12-21(5,19)20)18-14(4)10-7-9-13(2)3/h13-14H,6-12H2,1-5H3,(H2,16,17,18). The summed E-state index contributed by atoms with van der Waals surface area (Å²) in [5.41, 5.74) is 0. The van der Waals surface area contributed by atoms with Crippen LogP contribution < -0.4 is 10.6 Å². The summed E-state index contributed by atoms with van der Waals surface area (Å²) in [4.78, 5) is 4.43. The van der Waals surface area contributed by atoms with Crippen LogP contribution in [0.15, 0.2) is 4.99 Å². The average Bonchev–Trinajstić information content (AvgIpc) is 2.33. The Morgan fingerprint density at radius 2 is 1.81 bits per heavy atom. The molecule has 21 heavy (non-hydrogen) atoms. The van der Waals surface area contributed by atoms with Crippen LogP contribution in [0.25, 0.3) is 0 Å². The van der Waals surface area contributed by atoms with Gasteiger partial charge in [0.25, 0.3) is 0 Å². The first-order chi connectivity index (χ1) is 9.74. The molecule has 0 spiro atoms. The minimum Gasteiger partial charge on any atom is -0.357 e. The Balaban J connectivity index is 4.14. The normalized spacial score (nSPS) is 14.3. The van der Waals surface area contributed by atoms with Gasteiger partial charge in [0.2, 0.25) is 0 Å². The van der Waals surface area contributed by atoms with Crippen LogP contribution in [-0.4, -0.2) is 45.5 Å². The van der Waals surface area contributed by atoms with E-state index < -0.39 is 9.84 Å². The number of hydrogen-bond donors (Lipinski definition) is 2. The highest BCUT2D eigenvalue weighted by atomic mass is 32.2. The molecule has 5 nitrogen and oxygen atoms in total. The van der Waals surface area contributed by atoms with Crippen molar-refractivity contribution in [3.8, 4) is 0 Å². The molecule has 126 valence electrons. The van der Waals surface area contributed by atoms with E-state index in [-0.39, 0.29) is 5.75 Å². The third-order valence-corrected chi connectivity index (χ3v) is 4.12. The molecule has 0 rings (SSSR count). The zero-order valence-corrected chi connectivity index (χ0v) is 15.1. The van der Waals surface area contributed by atoms with Crippen LogP contribution in [0.3, 0.4) is 0 Å². The molecule has 0 saturated heterocycles. The molecule has 0 aromatic rings. The fourth-order valence-corrected chi connectivity index (χ4v) is 2.63. The van der Waals surface area contributed by atoms with Crippen LogP contribution in [0.2, 0.25) is 0 Å². The molecule has 0 amide bonds. The van der Waals surface area contributed by atoms with Crippen molar-refractivity contribution in [3.05, 3.63) is 0 Å². The van der Waals surface area contributed by atoms with Crippen molar-refractivity contribution in [2.45, 2.75) is 59.4 Å². The monoisotopic (exact) mass is 319 g/mol. The molecule has 0 fully saturated rings. The zero-order chi connectivity index (χ0) is 16.3. The maximum absolute atomic E-state index is 11.1. The predicted molar refractivity (Wildman–Crippen MR) is 91.6 cm³/mol. The van der Waals surface area contributed by atoms with Gasteiger partial charge in [-0.3, -0.25) is 4.99 Å². The van der Waals surface area contributed by atoms with Gasteiger partial charge in [-0.2, -0.15) is 0 Å². The van der Waals surface area contributed by atoms with Gasteiger partial charge in [-0.15, -0.1) is 0 Å². The van der Waals surface area contributed by atoms with Crippen LogP contribution in [0.4, 0.5) is 0 Å². The highest BCUT2D eigenvalue weighted by Crippen LogP contribution is 2.08. The molecule has 2 N–H and O–H groups in total. The number of nitrogens with zero attached hydrogens (tertiary/aromatic N) is 1. The highest BCUT2D eigenvalue weighted by Gasteiger charge is 2.06. The van der Waals surface area contributed by atoms with Crippen molar-refractivity contribution in [2.75, 3.05) is 25.1 Å². The second-order valence-corrected chi connectivity index (χ2v) is 8.37. The molecule has 0 aliphatic carbocycles. The summed E-state index contributed by atoms with van der Waals surface area (Å²) >= 11 is 0. The molecule has 1 unspecified atom stereocenters. The van der Waals surface area contributed by atoms with Gasteiger partial charge in [0, 0.05) is 25.4 Å². The minimum atomic E-state index is -2.89. The molecular formula is C15H33N3O2S. The highest BCUT2D eigenvalue weighted by molar-refractivity contribution is 7.90. The van der Waals surface area contributed by atoms with Gasteiger partial charge < -0.3 is 10.6 Å². The van der Waals surface area contributed by atoms with E-state index in [9.17, 15) is 8.42 Å². The Kier molecular flexibility index (Phi) is 10.5. The third-order valence-electron chi connectivity index (χ3n) is 3.09. The van der Waals surface area contributed by atoms with E-state index in [1.807, 2.05) is 6.92 Å². The van der Waals surface area contributed by atoms with Crippen molar-refractivity contribution in [1.29, 1.82) is 0 Å². The lowest BCUT2D eigenvalue weighted by Crippen LogP contribution is -2.42. The topological polar surface area (TPSA) is 70.6 Å². The Labute approximate surface area is 130 Å². The Hall–Kier alpha value is -0.780. The number of nitrogens with one attached hydrogen (secondary N) is 2. The van der Waals surface area contributed by atoms with Gasteiger partial charge >= 0.3 is 0 Å². The lowest BCUT2D eigenvalue weighted by molar-refractivity contribution is 0.491. The summed E-state index contributed by atoms with van der Waals surface area (Å²) in [5, 5.41) is 6.58. The Morgan fingerprint density at radius 1 is 1.14 bits per heavy atom. The molecule has 0 aliphatic rings. The summed E-state index contributed by atoms with van der Waals surface area (Å²) in [6.45, 7) is 10.00. The molecule has 0 aromatic heterocycles. The van der Waals surface area contributed by atoms with Crippen LogP contribution in [0.1, 0.15) is 53.4 Å². The maximum atomic E-state index is 11.1. The fourth-order valence-electron chi connectivity index (χ4n) is 1.98. The summed E-state index contributed by atoms with van der Waals surface area (Å²) in [6, 6.07) is 0.372. The molecule has 0 heterocycles. The first-order valence-electron chi connectivity index (χ1n) is 7.97. The number of aliphatic imine (C=N–C) groups is 1. The number of guanidine groups is 1. The second kappa shape index (κ2) is 10.9. The fraction of sp³-hybridized carbons (Fsp3) is 0.933. The molecule has 0 bridgehead atoms. The molecule has 0 aromatic carbocycles. The largest absolute Gasteiger partial charge is 0.357 e. The van der Waals surface area contributed by atoms with Crippen LogP contribution >= 0.6 is 0 Å². The van der Waals surface area contributed by atoms with Gasteiger partial charge in [0.05, 0.1) is 5.75 Å². The quantitative estimate of drug-likeness (QED) is 0.368. The van der Waals surface area contributed by atoms with Gasteiger partial charge in [0.15, 0.2) is 5.96 Å². The van der Waals surface area contributed by atoms with Gasteiger partial charge in [0.1, 0.15) is 9.84 Å². The summed E-state index contributed by atoms with van der Waals surface area (Å²) < 4.78 is 22.1.